The summed E-state index contributed by atoms with van der Waals surface area (Å²) >= 11 is 0. The third-order valence-electron chi connectivity index (χ3n) is 23.1. The number of benzene rings is 18. The topological polar surface area (TPSA) is 11.4 Å². The van der Waals surface area contributed by atoms with E-state index in [1.165, 1.54) is 0 Å². The number of anilines is 6. The molecule has 18 aromatic carbocycles. The molecule has 4 heteroatoms. The predicted octanol–water partition coefficient (Wildman–Crippen LogP) is 27.7. The quantitative estimate of drug-likeness (QED) is 0.0999. The molecule has 3 heterocycles. The van der Waals surface area contributed by atoms with Crippen LogP contribution in [0.1, 0.15) is 66.4 Å². The Hall–Kier alpha value is -13.5. The van der Waals surface area contributed by atoms with Gasteiger partial charge in [0.1, 0.15) is 0 Å². The number of aromatic nitrogens is 1. The highest BCUT2D eigenvalue weighted by atomic mass is 15.2. The van der Waals surface area contributed by atoms with Crippen LogP contribution in [0.5, 0.6) is 0 Å². The van der Waals surface area contributed by atoms with Crippen LogP contribution >= 0.6 is 0 Å². The molecule has 112 heavy (non-hydrogen) atoms. The van der Waals surface area contributed by atoms with E-state index in [9.17, 15) is 13.7 Å². The third-order valence-corrected chi connectivity index (χ3v) is 23.1. The lowest BCUT2D eigenvalue weighted by atomic mass is 9.33. The van der Waals surface area contributed by atoms with E-state index in [0.717, 1.165) is 138 Å². The fourth-order valence-corrected chi connectivity index (χ4v) is 17.6. The summed E-state index contributed by atoms with van der Waals surface area (Å²) in [4.78, 5) is 4.65. The maximum absolute atomic E-state index is 11.7. The second-order valence-corrected chi connectivity index (χ2v) is 31.9. The monoisotopic (exact) mass is 1440 g/mol. The fraction of sp³-hybridized carbons (Fsp3) is 0.0741. The van der Waals surface area contributed by atoms with Crippen LogP contribution in [-0.4, -0.2) is 11.3 Å². The normalized spacial score (nSPS) is 13.9. The van der Waals surface area contributed by atoms with Crippen LogP contribution in [-0.2, 0) is 10.8 Å². The minimum atomic E-state index is -0.920. The summed E-state index contributed by atoms with van der Waals surface area (Å²) in [7, 11) is 0. The predicted molar refractivity (Wildman–Crippen MR) is 480 cm³/mol. The van der Waals surface area contributed by atoms with Crippen LogP contribution in [0.2, 0.25) is 0 Å². The van der Waals surface area contributed by atoms with Crippen LogP contribution < -0.4 is 26.2 Å². The van der Waals surface area contributed by atoms with Crippen molar-refractivity contribution >= 4 is 122 Å². The zero-order valence-corrected chi connectivity index (χ0v) is 62.9. The van der Waals surface area contributed by atoms with Crippen molar-refractivity contribution in [3.8, 4) is 83.6 Å². The van der Waals surface area contributed by atoms with E-state index in [1.54, 1.807) is 16.7 Å². The summed E-state index contributed by atoms with van der Waals surface area (Å²) in [6, 6.07) is 106. The Bertz CT molecular complexity index is 7670. The van der Waals surface area contributed by atoms with Crippen molar-refractivity contribution in [3.05, 3.63) is 387 Å². The zero-order valence-electron chi connectivity index (χ0n) is 72.9. The minimum Gasteiger partial charge on any atom is -0.310 e. The number of hydrogen-bond donors (Lipinski definition) is 0. The molecule has 0 spiro atoms. The second kappa shape index (κ2) is 26.1. The van der Waals surface area contributed by atoms with Crippen molar-refractivity contribution in [1.29, 1.82) is 0 Å². The Balaban J connectivity index is 0.961. The molecule has 0 aliphatic carbocycles. The van der Waals surface area contributed by atoms with E-state index in [1.807, 2.05) is 78.9 Å². The molecule has 0 radical (unpaired) electrons. The molecule has 3 nitrogen and oxygen atoms in total. The van der Waals surface area contributed by atoms with Gasteiger partial charge in [0.2, 0.25) is 0 Å². The Morgan fingerprint density at radius 3 is 1.35 bits per heavy atom. The molecule has 2 aliphatic heterocycles. The number of hydrogen-bond acceptors (Lipinski definition) is 2. The number of fused-ring (bicyclic) bond motifs is 13. The van der Waals surface area contributed by atoms with Gasteiger partial charge in [0.15, 0.2) is 0 Å². The van der Waals surface area contributed by atoms with E-state index in [2.05, 4.69) is 276 Å². The highest BCUT2D eigenvalue weighted by molar-refractivity contribution is 7.00. The maximum Gasteiger partial charge on any atom is 0.252 e. The van der Waals surface area contributed by atoms with Crippen LogP contribution in [0.3, 0.4) is 0 Å². The van der Waals surface area contributed by atoms with E-state index in [4.69, 9.17) is 0 Å². The molecule has 19 aromatic rings. The largest absolute Gasteiger partial charge is 0.310 e. The van der Waals surface area contributed by atoms with Crippen LogP contribution in [0, 0.1) is 0 Å². The van der Waals surface area contributed by atoms with Crippen molar-refractivity contribution in [3.63, 3.8) is 0 Å². The van der Waals surface area contributed by atoms with E-state index < -0.39 is 29.6 Å². The molecule has 530 valence electrons. The SMILES string of the molecule is [2H]c1c([2H])c2c(c([2H])c1-c1cccc(-c3ccccc3)c1)B1c3ccc(-n4c5c([2H])c([2H])c([2H])c([2H])c5c5c([2H])c(-c6ccccc6)c([2H])c([2H])c54)cc3N(c3c(-c4ccccc4)cc(C(C)(C)C)cc3-c3ccc4c(ccc5ccccc54)c3)c3cc(C(C)(C)C)cc(c31)N2c1c(-c2ccccc2)cccc1-c1ccc2c(ccc3ccccc32)c1. The number of para-hydroxylation sites is 2. The lowest BCUT2D eigenvalue weighted by Gasteiger charge is -2.46. The van der Waals surface area contributed by atoms with Crippen LogP contribution in [0.15, 0.2) is 376 Å². The highest BCUT2D eigenvalue weighted by Gasteiger charge is 2.46. The molecule has 0 amide bonds. The summed E-state index contributed by atoms with van der Waals surface area (Å²) in [6.45, 7) is 12.5. The van der Waals surface area contributed by atoms with Gasteiger partial charge in [0, 0.05) is 61.5 Å². The minimum absolute atomic E-state index is 0.0328. The van der Waals surface area contributed by atoms with Crippen LogP contribution in [0.4, 0.5) is 34.1 Å². The zero-order chi connectivity index (χ0) is 83.8. The van der Waals surface area contributed by atoms with E-state index in [-0.39, 0.29) is 81.3 Å². The molecule has 0 bridgehead atoms. The van der Waals surface area contributed by atoms with Gasteiger partial charge in [-0.3, -0.25) is 0 Å². The van der Waals surface area contributed by atoms with Gasteiger partial charge in [-0.15, -0.1) is 0 Å². The van der Waals surface area contributed by atoms with Gasteiger partial charge in [-0.05, 0) is 216 Å². The lowest BCUT2D eigenvalue weighted by molar-refractivity contribution is 0.590. The molecular formula is C108H80BN3. The van der Waals surface area contributed by atoms with E-state index in [0.29, 0.717) is 39.1 Å². The average Bonchev–Trinajstić information content (AvgIpc) is 0.769. The van der Waals surface area contributed by atoms with Gasteiger partial charge >= 0.3 is 0 Å². The number of nitrogens with zero attached hydrogens (tertiary/aromatic N) is 3. The highest BCUT2D eigenvalue weighted by Crippen LogP contribution is 2.56. The van der Waals surface area contributed by atoms with E-state index >= 15 is 0 Å². The van der Waals surface area contributed by atoms with Crippen molar-refractivity contribution in [2.45, 2.75) is 52.4 Å². The standard InChI is InChI=1S/C108H80BN3/c1-107(2,3)83-64-93(72-33-17-10-18-34-72)106(94(65-83)82-50-55-89-80(61-82)48-46-74-36-20-22-40-87(74)89)112-101-68-85(110-98-44-24-23-41-92(98)95-62-77(51-57-99(95)110)70-29-13-8-14-30-70)53-56-96(101)109-97-63-78(76-38-25-37-75(59-76)69-27-11-7-12-28-69)52-58-100(97)111(102-66-84(108(4,5)6)67-103(112)104(102)109)105-90(71-31-15-9-16-32-71)42-26-43-91(105)81-49-54-88-79(60-81)47-45-73-35-19-21-39-86(73)88/h7-68H,1-6H3/i23D,24D,41D,44D,51D,52D,57D,58D,62D,63D. The van der Waals surface area contributed by atoms with Crippen LogP contribution in [0.25, 0.3) is 148 Å². The summed E-state index contributed by atoms with van der Waals surface area (Å²) in [5.41, 5.74) is 18.0. The third kappa shape index (κ3) is 11.0. The molecule has 0 fully saturated rings. The molecule has 0 saturated carbocycles. The lowest BCUT2D eigenvalue weighted by Crippen LogP contribution is -2.61. The smallest absolute Gasteiger partial charge is 0.252 e. The Labute approximate surface area is 669 Å². The Morgan fingerprint density at radius 2 is 0.723 bits per heavy atom. The van der Waals surface area contributed by atoms with Gasteiger partial charge in [0.05, 0.1) is 36.1 Å². The van der Waals surface area contributed by atoms with Crippen molar-refractivity contribution in [2.75, 3.05) is 9.80 Å². The average molecular weight is 1440 g/mol. The summed E-state index contributed by atoms with van der Waals surface area (Å²) in [5, 5.41) is 8.95. The summed E-state index contributed by atoms with van der Waals surface area (Å²) in [5.74, 6) is 0. The van der Waals surface area contributed by atoms with Crippen molar-refractivity contribution in [1.82, 2.24) is 4.57 Å². The Morgan fingerprint density at radius 1 is 0.268 bits per heavy atom. The van der Waals surface area contributed by atoms with Gasteiger partial charge in [0.25, 0.3) is 6.71 Å². The summed E-state index contributed by atoms with van der Waals surface area (Å²) in [6.07, 6.45) is 0. The first-order valence-corrected chi connectivity index (χ1v) is 38.6. The first-order chi connectivity index (χ1) is 59.0. The second-order valence-electron chi connectivity index (χ2n) is 31.9. The maximum atomic E-state index is 11.7. The molecule has 0 saturated heterocycles. The first kappa shape index (κ1) is 56.7. The number of rotatable bonds is 10. The molecule has 0 atom stereocenters. The first-order valence-electron chi connectivity index (χ1n) is 43.6. The Kier molecular flexibility index (Phi) is 13.2. The summed E-state index contributed by atoms with van der Waals surface area (Å²) < 4.78 is 105. The molecule has 0 unspecified atom stereocenters. The molecule has 2 aliphatic rings. The van der Waals surface area contributed by atoms with Gasteiger partial charge < -0.3 is 14.4 Å². The van der Waals surface area contributed by atoms with Gasteiger partial charge in [-0.1, -0.05) is 339 Å². The molecule has 0 N–H and O–H groups in total. The molecule has 1 aromatic heterocycles. The van der Waals surface area contributed by atoms with Gasteiger partial charge in [-0.2, -0.15) is 0 Å². The van der Waals surface area contributed by atoms with Crippen molar-refractivity contribution < 1.29 is 13.7 Å². The van der Waals surface area contributed by atoms with Crippen molar-refractivity contribution in [2.24, 2.45) is 0 Å². The molecule has 21 rings (SSSR count). The molecular weight excluding hydrogens is 1350 g/mol. The fourth-order valence-electron chi connectivity index (χ4n) is 17.6. The van der Waals surface area contributed by atoms with Gasteiger partial charge in [-0.25, -0.2) is 0 Å².